The molecular weight excluding hydrogens is 282 g/mol. The number of nitrogens with one attached hydrogen (secondary N) is 1. The molecule has 86 valence electrons. The highest BCUT2D eigenvalue weighted by atomic mass is 79.9. The number of ether oxygens (including phenoxy) is 1. The van der Waals surface area contributed by atoms with Gasteiger partial charge in [0.05, 0.1) is 29.4 Å². The molecule has 0 bridgehead atoms. The first-order valence-corrected chi connectivity index (χ1v) is 5.97. The van der Waals surface area contributed by atoms with Crippen LogP contribution < -0.4 is 4.74 Å². The second-order valence-electron chi connectivity index (χ2n) is 3.85. The number of aromatic nitrogens is 3. The quantitative estimate of drug-likeness (QED) is 0.749. The van der Waals surface area contributed by atoms with Crippen LogP contribution >= 0.6 is 15.9 Å². The molecular formula is C12H10BrN3O. The number of pyridine rings is 2. The molecule has 4 nitrogen and oxygen atoms in total. The first-order chi connectivity index (χ1) is 8.19. The summed E-state index contributed by atoms with van der Waals surface area (Å²) in [6.45, 7) is 1.96. The molecule has 0 saturated carbocycles. The summed E-state index contributed by atoms with van der Waals surface area (Å²) in [4.78, 5) is 12.1. The highest BCUT2D eigenvalue weighted by Crippen LogP contribution is 2.29. The van der Waals surface area contributed by atoms with Gasteiger partial charge < -0.3 is 9.72 Å². The second kappa shape index (κ2) is 3.70. The van der Waals surface area contributed by atoms with Crippen LogP contribution in [0.1, 0.15) is 5.69 Å². The number of hydrogen-bond acceptors (Lipinski definition) is 3. The predicted molar refractivity (Wildman–Crippen MR) is 70.4 cm³/mol. The zero-order valence-corrected chi connectivity index (χ0v) is 11.0. The van der Waals surface area contributed by atoms with Crippen LogP contribution in [0.4, 0.5) is 0 Å². The van der Waals surface area contributed by atoms with Crippen LogP contribution in [-0.4, -0.2) is 22.1 Å². The third-order valence-corrected chi connectivity index (χ3v) is 3.18. The van der Waals surface area contributed by atoms with Crippen molar-refractivity contribution in [3.8, 4) is 5.88 Å². The lowest BCUT2D eigenvalue weighted by Crippen LogP contribution is -1.90. The fourth-order valence-corrected chi connectivity index (χ4v) is 2.36. The van der Waals surface area contributed by atoms with Crippen LogP contribution in [0.15, 0.2) is 22.8 Å². The Balaban J connectivity index is 2.47. The normalized spacial score (nSPS) is 11.2. The van der Waals surface area contributed by atoms with Crippen molar-refractivity contribution < 1.29 is 4.74 Å². The number of aromatic amines is 1. The van der Waals surface area contributed by atoms with Crippen molar-refractivity contribution in [2.45, 2.75) is 6.92 Å². The zero-order valence-electron chi connectivity index (χ0n) is 9.41. The Morgan fingerprint density at radius 3 is 2.88 bits per heavy atom. The van der Waals surface area contributed by atoms with E-state index in [1.807, 2.05) is 19.1 Å². The van der Waals surface area contributed by atoms with E-state index in [0.717, 1.165) is 32.1 Å². The summed E-state index contributed by atoms with van der Waals surface area (Å²) in [6.07, 6.45) is 1.79. The topological polar surface area (TPSA) is 50.8 Å². The maximum Gasteiger partial charge on any atom is 0.215 e. The molecule has 0 unspecified atom stereocenters. The molecule has 5 heteroatoms. The van der Waals surface area contributed by atoms with E-state index in [0.29, 0.717) is 5.88 Å². The van der Waals surface area contributed by atoms with Gasteiger partial charge in [0, 0.05) is 22.1 Å². The van der Waals surface area contributed by atoms with Crippen LogP contribution in [0.3, 0.4) is 0 Å². The Morgan fingerprint density at radius 2 is 2.12 bits per heavy atom. The summed E-state index contributed by atoms with van der Waals surface area (Å²) in [7, 11) is 1.62. The molecule has 0 atom stereocenters. The third-order valence-electron chi connectivity index (χ3n) is 2.75. The minimum atomic E-state index is 0.612. The van der Waals surface area contributed by atoms with Crippen LogP contribution in [-0.2, 0) is 0 Å². The van der Waals surface area contributed by atoms with Crippen molar-refractivity contribution in [3.63, 3.8) is 0 Å². The molecule has 0 aromatic carbocycles. The number of aryl methyl sites for hydroxylation is 1. The van der Waals surface area contributed by atoms with Crippen LogP contribution in [0, 0.1) is 6.92 Å². The average molecular weight is 292 g/mol. The van der Waals surface area contributed by atoms with Crippen molar-refractivity contribution in [3.05, 3.63) is 28.5 Å². The monoisotopic (exact) mass is 291 g/mol. The highest BCUT2D eigenvalue weighted by Gasteiger charge is 2.11. The largest absolute Gasteiger partial charge is 0.481 e. The van der Waals surface area contributed by atoms with E-state index >= 15 is 0 Å². The fraction of sp³-hybridized carbons (Fsp3) is 0.167. The number of fused-ring (bicyclic) bond motifs is 3. The van der Waals surface area contributed by atoms with Crippen molar-refractivity contribution in [1.29, 1.82) is 0 Å². The Morgan fingerprint density at radius 1 is 1.29 bits per heavy atom. The number of halogens is 1. The van der Waals surface area contributed by atoms with Gasteiger partial charge in [-0.2, -0.15) is 0 Å². The number of nitrogens with zero attached hydrogens (tertiary/aromatic N) is 2. The van der Waals surface area contributed by atoms with Gasteiger partial charge in [-0.15, -0.1) is 0 Å². The number of H-pyrrole nitrogens is 1. The van der Waals surface area contributed by atoms with E-state index in [2.05, 4.69) is 30.9 Å². The molecule has 0 fully saturated rings. The first kappa shape index (κ1) is 10.5. The number of rotatable bonds is 1. The third kappa shape index (κ3) is 1.58. The van der Waals surface area contributed by atoms with Crippen molar-refractivity contribution in [2.75, 3.05) is 7.11 Å². The van der Waals surface area contributed by atoms with E-state index in [1.54, 1.807) is 13.3 Å². The molecule has 17 heavy (non-hydrogen) atoms. The van der Waals surface area contributed by atoms with Gasteiger partial charge >= 0.3 is 0 Å². The van der Waals surface area contributed by atoms with E-state index in [4.69, 9.17) is 4.74 Å². The number of methoxy groups -OCH3 is 1. The maximum atomic E-state index is 5.16. The predicted octanol–water partition coefficient (Wildman–Crippen LogP) is 3.19. The molecule has 0 amide bonds. The minimum absolute atomic E-state index is 0.612. The van der Waals surface area contributed by atoms with E-state index in [1.165, 1.54) is 0 Å². The van der Waals surface area contributed by atoms with Gasteiger partial charge in [-0.3, -0.25) is 4.98 Å². The molecule has 3 rings (SSSR count). The Labute approximate surface area is 106 Å². The molecule has 0 aliphatic rings. The molecule has 0 aliphatic carbocycles. The molecule has 3 heterocycles. The summed E-state index contributed by atoms with van der Waals surface area (Å²) in [5.41, 5.74) is 3.85. The molecule has 3 aromatic heterocycles. The van der Waals surface area contributed by atoms with Gasteiger partial charge in [0.1, 0.15) is 0 Å². The lowest BCUT2D eigenvalue weighted by atomic mass is 10.2. The van der Waals surface area contributed by atoms with E-state index in [-0.39, 0.29) is 0 Å². The maximum absolute atomic E-state index is 5.16. The molecule has 0 spiro atoms. The fourth-order valence-electron chi connectivity index (χ4n) is 2.02. The Bertz CT molecular complexity index is 720. The first-order valence-electron chi connectivity index (χ1n) is 5.17. The molecule has 0 saturated heterocycles. The second-order valence-corrected chi connectivity index (χ2v) is 4.76. The van der Waals surface area contributed by atoms with Crippen molar-refractivity contribution in [2.24, 2.45) is 0 Å². The average Bonchev–Trinajstić information content (AvgIpc) is 2.66. The van der Waals surface area contributed by atoms with Gasteiger partial charge in [-0.05, 0) is 28.9 Å². The number of hydrogen-bond donors (Lipinski definition) is 1. The highest BCUT2D eigenvalue weighted by molar-refractivity contribution is 9.10. The molecule has 0 aliphatic heterocycles. The molecule has 0 radical (unpaired) electrons. The smallest absolute Gasteiger partial charge is 0.215 e. The van der Waals surface area contributed by atoms with Gasteiger partial charge in [0.2, 0.25) is 5.88 Å². The summed E-state index contributed by atoms with van der Waals surface area (Å²) < 4.78 is 6.11. The van der Waals surface area contributed by atoms with E-state index < -0.39 is 0 Å². The van der Waals surface area contributed by atoms with Gasteiger partial charge in [-0.1, -0.05) is 0 Å². The summed E-state index contributed by atoms with van der Waals surface area (Å²) in [5.74, 6) is 0.612. The molecule has 3 aromatic rings. The van der Waals surface area contributed by atoms with Crippen LogP contribution in [0.25, 0.3) is 21.9 Å². The lowest BCUT2D eigenvalue weighted by Gasteiger charge is -2.01. The molecule has 1 N–H and O–H groups in total. The minimum Gasteiger partial charge on any atom is -0.481 e. The van der Waals surface area contributed by atoms with E-state index in [9.17, 15) is 0 Å². The van der Waals surface area contributed by atoms with Gasteiger partial charge in [0.15, 0.2) is 0 Å². The Hall–Kier alpha value is -1.62. The van der Waals surface area contributed by atoms with Crippen molar-refractivity contribution >= 4 is 37.9 Å². The Kier molecular flexibility index (Phi) is 2.29. The standard InChI is InChI=1S/C12H10BrN3O/c1-6-11-8(4-10(15-6)17-2)16-9-3-7(13)5-14-12(9)11/h3-5,16H,1-2H3. The summed E-state index contributed by atoms with van der Waals surface area (Å²) in [5, 5.41) is 1.05. The zero-order chi connectivity index (χ0) is 12.0. The van der Waals surface area contributed by atoms with Crippen LogP contribution in [0.2, 0.25) is 0 Å². The summed E-state index contributed by atoms with van der Waals surface area (Å²) >= 11 is 3.41. The van der Waals surface area contributed by atoms with Crippen LogP contribution in [0.5, 0.6) is 5.88 Å². The SMILES string of the molecule is COc1cc2[nH]c3cc(Br)cnc3c2c(C)n1. The van der Waals surface area contributed by atoms with Gasteiger partial charge in [-0.25, -0.2) is 4.98 Å². The van der Waals surface area contributed by atoms with Gasteiger partial charge in [0.25, 0.3) is 0 Å². The summed E-state index contributed by atoms with van der Waals surface area (Å²) in [6, 6.07) is 3.90. The lowest BCUT2D eigenvalue weighted by molar-refractivity contribution is 0.398. The van der Waals surface area contributed by atoms with Crippen molar-refractivity contribution in [1.82, 2.24) is 15.0 Å².